The van der Waals surface area contributed by atoms with E-state index < -0.39 is 15.7 Å². The van der Waals surface area contributed by atoms with Crippen molar-refractivity contribution in [2.75, 3.05) is 33.5 Å². The zero-order valence-corrected chi connectivity index (χ0v) is 16.2. The predicted octanol–water partition coefficient (Wildman–Crippen LogP) is 2.99. The molecule has 2 aromatic carbocycles. The number of ether oxygens (including phenoxy) is 1. The molecule has 0 bridgehead atoms. The molecule has 26 heavy (non-hydrogen) atoms. The molecule has 0 aliphatic heterocycles. The average Bonchev–Trinajstić information content (AvgIpc) is 3.29. The van der Waals surface area contributed by atoms with Crippen molar-refractivity contribution in [3.8, 4) is 5.75 Å². The summed E-state index contributed by atoms with van der Waals surface area (Å²) >= 11 is 0. The minimum absolute atomic E-state index is 0.0268. The van der Waals surface area contributed by atoms with Crippen LogP contribution in [0.25, 0.3) is 0 Å². The van der Waals surface area contributed by atoms with Gasteiger partial charge in [0, 0.05) is 12.5 Å². The molecule has 1 aliphatic rings. The second-order valence-electron chi connectivity index (χ2n) is 7.02. The number of likely N-dealkylation sites (N-methyl/N-ethyl adjacent to an activating group) is 1. The molecule has 0 amide bonds. The SMILES string of the molecule is CN(C)CCOc1ccc(C2(OS(C)(=O)=O)CC2c2ccccc2)cc1. The highest BCUT2D eigenvalue weighted by atomic mass is 32.2. The molecule has 0 radical (unpaired) electrons. The van der Waals surface area contributed by atoms with Crippen LogP contribution in [0.2, 0.25) is 0 Å². The fraction of sp³-hybridized carbons (Fsp3) is 0.400. The summed E-state index contributed by atoms with van der Waals surface area (Å²) in [6.07, 6.45) is 1.75. The summed E-state index contributed by atoms with van der Waals surface area (Å²) < 4.78 is 35.0. The molecule has 5 nitrogen and oxygen atoms in total. The molecule has 6 heteroatoms. The van der Waals surface area contributed by atoms with Gasteiger partial charge in [0.05, 0.1) is 6.26 Å². The van der Waals surface area contributed by atoms with Gasteiger partial charge in [-0.1, -0.05) is 42.5 Å². The summed E-state index contributed by atoms with van der Waals surface area (Å²) in [5.74, 6) is 0.793. The Bertz CT molecular complexity index is 834. The van der Waals surface area contributed by atoms with Gasteiger partial charge in [-0.05, 0) is 43.8 Å². The van der Waals surface area contributed by atoms with Gasteiger partial charge in [-0.2, -0.15) is 8.42 Å². The van der Waals surface area contributed by atoms with Crippen LogP contribution in [0.4, 0.5) is 0 Å². The molecule has 3 rings (SSSR count). The topological polar surface area (TPSA) is 55.8 Å². The fourth-order valence-corrected chi connectivity index (χ4v) is 4.05. The van der Waals surface area contributed by atoms with Crippen molar-refractivity contribution in [1.29, 1.82) is 0 Å². The van der Waals surface area contributed by atoms with Crippen LogP contribution >= 0.6 is 0 Å². The number of benzene rings is 2. The fourth-order valence-electron chi connectivity index (χ4n) is 3.23. The molecule has 1 aliphatic carbocycles. The third-order valence-electron chi connectivity index (χ3n) is 4.56. The lowest BCUT2D eigenvalue weighted by molar-refractivity contribution is 0.184. The standard InChI is InChI=1S/C20H25NO4S/c1-21(2)13-14-24-18-11-9-17(10-12-18)20(25-26(3,22)23)15-19(20)16-7-5-4-6-8-16/h4-12,19H,13-15H2,1-3H3. The maximum absolute atomic E-state index is 11.9. The van der Waals surface area contributed by atoms with Crippen LogP contribution < -0.4 is 4.74 Å². The van der Waals surface area contributed by atoms with Gasteiger partial charge in [-0.15, -0.1) is 0 Å². The monoisotopic (exact) mass is 375 g/mol. The highest BCUT2D eigenvalue weighted by Crippen LogP contribution is 2.61. The zero-order chi connectivity index (χ0) is 18.8. The Hall–Kier alpha value is -1.89. The molecule has 1 saturated carbocycles. The molecule has 140 valence electrons. The lowest BCUT2D eigenvalue weighted by atomic mass is 10.0. The normalized spacial score (nSPS) is 22.4. The van der Waals surface area contributed by atoms with Gasteiger partial charge in [-0.25, -0.2) is 0 Å². The van der Waals surface area contributed by atoms with E-state index in [1.807, 2.05) is 68.7 Å². The average molecular weight is 375 g/mol. The summed E-state index contributed by atoms with van der Waals surface area (Å²) in [6, 6.07) is 17.4. The highest BCUT2D eigenvalue weighted by Gasteiger charge is 2.59. The van der Waals surface area contributed by atoms with Gasteiger partial charge >= 0.3 is 0 Å². The van der Waals surface area contributed by atoms with Crippen molar-refractivity contribution in [3.63, 3.8) is 0 Å². The van der Waals surface area contributed by atoms with Gasteiger partial charge in [0.2, 0.25) is 0 Å². The lowest BCUT2D eigenvalue weighted by Crippen LogP contribution is -2.20. The van der Waals surface area contributed by atoms with Gasteiger partial charge < -0.3 is 9.64 Å². The van der Waals surface area contributed by atoms with Crippen LogP contribution in [-0.2, 0) is 19.9 Å². The third-order valence-corrected chi connectivity index (χ3v) is 5.16. The Morgan fingerprint density at radius 1 is 1.08 bits per heavy atom. The van der Waals surface area contributed by atoms with E-state index in [-0.39, 0.29) is 5.92 Å². The minimum atomic E-state index is -3.58. The molecule has 0 spiro atoms. The van der Waals surface area contributed by atoms with Gasteiger partial charge in [0.15, 0.2) is 0 Å². The van der Waals surface area contributed by atoms with Crippen molar-refractivity contribution in [1.82, 2.24) is 4.90 Å². The first kappa shape index (κ1) is 18.9. The molecule has 2 atom stereocenters. The largest absolute Gasteiger partial charge is 0.492 e. The zero-order valence-electron chi connectivity index (χ0n) is 15.4. The first-order valence-corrected chi connectivity index (χ1v) is 10.5. The van der Waals surface area contributed by atoms with E-state index in [0.29, 0.717) is 13.0 Å². The van der Waals surface area contributed by atoms with Gasteiger partial charge in [0.1, 0.15) is 18.0 Å². The quantitative estimate of drug-likeness (QED) is 0.664. The Morgan fingerprint density at radius 2 is 1.73 bits per heavy atom. The van der Waals surface area contributed by atoms with Crippen molar-refractivity contribution in [2.45, 2.75) is 17.9 Å². The van der Waals surface area contributed by atoms with Crippen LogP contribution in [0.5, 0.6) is 5.75 Å². The number of hydrogen-bond donors (Lipinski definition) is 0. The number of rotatable bonds is 8. The number of hydrogen-bond acceptors (Lipinski definition) is 5. The van der Waals surface area contributed by atoms with Crippen LogP contribution in [0.15, 0.2) is 54.6 Å². The van der Waals surface area contributed by atoms with Crippen LogP contribution in [0.3, 0.4) is 0 Å². The van der Waals surface area contributed by atoms with E-state index in [0.717, 1.165) is 29.7 Å². The summed E-state index contributed by atoms with van der Waals surface area (Å²) in [4.78, 5) is 2.05. The van der Waals surface area contributed by atoms with Crippen molar-refractivity contribution in [2.24, 2.45) is 0 Å². The van der Waals surface area contributed by atoms with E-state index in [9.17, 15) is 8.42 Å². The Kier molecular flexibility index (Phi) is 5.37. The molecule has 0 N–H and O–H groups in total. The first-order valence-electron chi connectivity index (χ1n) is 8.64. The molecule has 2 aromatic rings. The molecule has 2 unspecified atom stereocenters. The lowest BCUT2D eigenvalue weighted by Gasteiger charge is -2.18. The van der Waals surface area contributed by atoms with E-state index in [1.165, 1.54) is 0 Å². The summed E-state index contributed by atoms with van der Waals surface area (Å²) in [5, 5.41) is 0. The van der Waals surface area contributed by atoms with Gasteiger partial charge in [0.25, 0.3) is 10.1 Å². The summed E-state index contributed by atoms with van der Waals surface area (Å²) in [5.41, 5.74) is 1.12. The van der Waals surface area contributed by atoms with Crippen molar-refractivity contribution in [3.05, 3.63) is 65.7 Å². The Labute approximate surface area is 155 Å². The van der Waals surface area contributed by atoms with Crippen LogP contribution in [0.1, 0.15) is 23.5 Å². The van der Waals surface area contributed by atoms with E-state index >= 15 is 0 Å². The second-order valence-corrected chi connectivity index (χ2v) is 8.60. The van der Waals surface area contributed by atoms with E-state index in [4.69, 9.17) is 8.92 Å². The number of nitrogens with zero attached hydrogens (tertiary/aromatic N) is 1. The molecule has 0 aromatic heterocycles. The van der Waals surface area contributed by atoms with Gasteiger partial charge in [-0.3, -0.25) is 4.18 Å². The van der Waals surface area contributed by atoms with Crippen molar-refractivity contribution < 1.29 is 17.3 Å². The maximum atomic E-state index is 11.9. The summed E-state index contributed by atoms with van der Waals surface area (Å²) in [6.45, 7) is 1.43. The van der Waals surface area contributed by atoms with E-state index in [2.05, 4.69) is 4.90 Å². The first-order chi connectivity index (χ1) is 12.3. The van der Waals surface area contributed by atoms with Crippen LogP contribution in [-0.4, -0.2) is 46.8 Å². The Balaban J connectivity index is 1.80. The molecular weight excluding hydrogens is 350 g/mol. The highest BCUT2D eigenvalue weighted by molar-refractivity contribution is 7.86. The Morgan fingerprint density at radius 3 is 2.31 bits per heavy atom. The minimum Gasteiger partial charge on any atom is -0.492 e. The van der Waals surface area contributed by atoms with Crippen LogP contribution in [0, 0.1) is 0 Å². The summed E-state index contributed by atoms with van der Waals surface area (Å²) in [7, 11) is 0.412. The third kappa shape index (κ3) is 4.44. The molecular formula is C20H25NO4S. The smallest absolute Gasteiger partial charge is 0.265 e. The van der Waals surface area contributed by atoms with E-state index in [1.54, 1.807) is 0 Å². The maximum Gasteiger partial charge on any atom is 0.265 e. The van der Waals surface area contributed by atoms with Crippen molar-refractivity contribution >= 4 is 10.1 Å². The molecule has 0 saturated heterocycles. The molecule has 0 heterocycles. The second kappa shape index (κ2) is 7.39. The predicted molar refractivity (Wildman–Crippen MR) is 102 cm³/mol. The molecule has 1 fully saturated rings.